The van der Waals surface area contributed by atoms with Gasteiger partial charge in [0.05, 0.1) is 0 Å². The van der Waals surface area contributed by atoms with Crippen LogP contribution in [0.25, 0.3) is 0 Å². The molecule has 0 aliphatic carbocycles. The molecule has 2 amide bonds. The van der Waals surface area contributed by atoms with Crippen LogP contribution in [0.4, 0.5) is 10.5 Å². The standard InChI is InChI=1S/C14H21N3O/c1-10-4-6-13(7-5-10)16-14(18)17-9-11(2)15-8-12(17)3/h4-7,11-12,15H,8-9H2,1-3H3,(H,16,18). The Morgan fingerprint density at radius 3 is 2.67 bits per heavy atom. The monoisotopic (exact) mass is 247 g/mol. The lowest BCUT2D eigenvalue weighted by Crippen LogP contribution is -2.57. The summed E-state index contributed by atoms with van der Waals surface area (Å²) in [5, 5.41) is 6.32. The van der Waals surface area contributed by atoms with E-state index in [1.807, 2.05) is 36.1 Å². The van der Waals surface area contributed by atoms with Crippen LogP contribution in [0.5, 0.6) is 0 Å². The van der Waals surface area contributed by atoms with Crippen molar-refractivity contribution in [2.75, 3.05) is 18.4 Å². The summed E-state index contributed by atoms with van der Waals surface area (Å²) in [5.74, 6) is 0. The molecule has 0 aromatic heterocycles. The number of carbonyl (C=O) groups is 1. The fourth-order valence-corrected chi connectivity index (χ4v) is 2.14. The minimum Gasteiger partial charge on any atom is -0.319 e. The van der Waals surface area contributed by atoms with Crippen molar-refractivity contribution in [3.05, 3.63) is 29.8 Å². The number of benzene rings is 1. The van der Waals surface area contributed by atoms with E-state index in [4.69, 9.17) is 0 Å². The van der Waals surface area contributed by atoms with Gasteiger partial charge in [0.15, 0.2) is 0 Å². The van der Waals surface area contributed by atoms with E-state index < -0.39 is 0 Å². The molecule has 0 saturated carbocycles. The van der Waals surface area contributed by atoms with E-state index in [1.165, 1.54) is 5.56 Å². The average molecular weight is 247 g/mol. The maximum absolute atomic E-state index is 12.2. The molecule has 0 radical (unpaired) electrons. The highest BCUT2D eigenvalue weighted by Crippen LogP contribution is 2.12. The highest BCUT2D eigenvalue weighted by atomic mass is 16.2. The Balaban J connectivity index is 2.00. The molecule has 1 aromatic carbocycles. The third-order valence-corrected chi connectivity index (χ3v) is 3.33. The SMILES string of the molecule is Cc1ccc(NC(=O)N2CC(C)NCC2C)cc1. The van der Waals surface area contributed by atoms with Crippen LogP contribution >= 0.6 is 0 Å². The summed E-state index contributed by atoms with van der Waals surface area (Å²) >= 11 is 0. The number of aryl methyl sites for hydroxylation is 1. The number of nitrogens with zero attached hydrogens (tertiary/aromatic N) is 1. The third-order valence-electron chi connectivity index (χ3n) is 3.33. The summed E-state index contributed by atoms with van der Waals surface area (Å²) in [4.78, 5) is 14.1. The number of nitrogens with one attached hydrogen (secondary N) is 2. The van der Waals surface area contributed by atoms with E-state index in [-0.39, 0.29) is 12.1 Å². The zero-order valence-corrected chi connectivity index (χ0v) is 11.2. The Hall–Kier alpha value is -1.55. The number of hydrogen-bond donors (Lipinski definition) is 2. The topological polar surface area (TPSA) is 44.4 Å². The first-order chi connectivity index (χ1) is 8.56. The van der Waals surface area contributed by atoms with Gasteiger partial charge in [0.2, 0.25) is 0 Å². The number of anilines is 1. The lowest BCUT2D eigenvalue weighted by Gasteiger charge is -2.37. The van der Waals surface area contributed by atoms with Gasteiger partial charge in [-0.2, -0.15) is 0 Å². The van der Waals surface area contributed by atoms with Crippen LogP contribution in [-0.4, -0.2) is 36.1 Å². The molecule has 1 aliphatic heterocycles. The van der Waals surface area contributed by atoms with Gasteiger partial charge in [-0.3, -0.25) is 0 Å². The van der Waals surface area contributed by atoms with E-state index in [1.54, 1.807) is 0 Å². The molecule has 0 spiro atoms. The quantitative estimate of drug-likeness (QED) is 0.799. The fourth-order valence-electron chi connectivity index (χ4n) is 2.14. The largest absolute Gasteiger partial charge is 0.322 e. The molecular formula is C14H21N3O. The Bertz CT molecular complexity index is 416. The van der Waals surface area contributed by atoms with Gasteiger partial charge in [0.1, 0.15) is 0 Å². The summed E-state index contributed by atoms with van der Waals surface area (Å²) in [5.41, 5.74) is 2.04. The van der Waals surface area contributed by atoms with Crippen LogP contribution in [0.1, 0.15) is 19.4 Å². The number of urea groups is 1. The predicted octanol–water partition coefficient (Wildman–Crippen LogP) is 2.21. The Labute approximate surface area is 108 Å². The fraction of sp³-hybridized carbons (Fsp3) is 0.500. The first kappa shape index (κ1) is 12.9. The molecule has 98 valence electrons. The third kappa shape index (κ3) is 3.01. The second kappa shape index (κ2) is 5.40. The lowest BCUT2D eigenvalue weighted by atomic mass is 10.1. The van der Waals surface area contributed by atoms with Crippen molar-refractivity contribution < 1.29 is 4.79 Å². The Morgan fingerprint density at radius 1 is 1.33 bits per heavy atom. The van der Waals surface area contributed by atoms with E-state index >= 15 is 0 Å². The zero-order valence-electron chi connectivity index (χ0n) is 11.2. The molecule has 1 aromatic rings. The zero-order chi connectivity index (χ0) is 13.1. The van der Waals surface area contributed by atoms with Crippen molar-refractivity contribution in [1.29, 1.82) is 0 Å². The second-order valence-corrected chi connectivity index (χ2v) is 5.11. The highest BCUT2D eigenvalue weighted by Gasteiger charge is 2.26. The van der Waals surface area contributed by atoms with Crippen LogP contribution in [0.3, 0.4) is 0 Å². The molecule has 4 nitrogen and oxygen atoms in total. The van der Waals surface area contributed by atoms with Gasteiger partial charge >= 0.3 is 6.03 Å². The smallest absolute Gasteiger partial charge is 0.319 e. The van der Waals surface area contributed by atoms with Gasteiger partial charge in [-0.1, -0.05) is 17.7 Å². The summed E-state index contributed by atoms with van der Waals surface area (Å²) in [6.07, 6.45) is 0. The lowest BCUT2D eigenvalue weighted by molar-refractivity contribution is 0.162. The molecule has 2 N–H and O–H groups in total. The molecule has 1 heterocycles. The van der Waals surface area contributed by atoms with E-state index in [2.05, 4.69) is 24.5 Å². The first-order valence-corrected chi connectivity index (χ1v) is 6.44. The van der Waals surface area contributed by atoms with Gasteiger partial charge in [-0.05, 0) is 32.9 Å². The van der Waals surface area contributed by atoms with Gasteiger partial charge < -0.3 is 15.5 Å². The predicted molar refractivity (Wildman–Crippen MR) is 73.8 cm³/mol. The van der Waals surface area contributed by atoms with Crippen molar-refractivity contribution in [3.8, 4) is 0 Å². The maximum atomic E-state index is 12.2. The summed E-state index contributed by atoms with van der Waals surface area (Å²) in [7, 11) is 0. The number of carbonyl (C=O) groups excluding carboxylic acids is 1. The molecule has 2 rings (SSSR count). The first-order valence-electron chi connectivity index (χ1n) is 6.44. The van der Waals surface area contributed by atoms with Crippen molar-refractivity contribution in [1.82, 2.24) is 10.2 Å². The Morgan fingerprint density at radius 2 is 2.00 bits per heavy atom. The van der Waals surface area contributed by atoms with Crippen molar-refractivity contribution in [3.63, 3.8) is 0 Å². The van der Waals surface area contributed by atoms with Gasteiger partial charge in [-0.25, -0.2) is 4.79 Å². The molecule has 2 unspecified atom stereocenters. The van der Waals surface area contributed by atoms with Crippen LogP contribution in [0.2, 0.25) is 0 Å². The number of amides is 2. The molecule has 1 fully saturated rings. The van der Waals surface area contributed by atoms with Crippen molar-refractivity contribution >= 4 is 11.7 Å². The summed E-state index contributed by atoms with van der Waals surface area (Å²) in [6, 6.07) is 8.43. The van der Waals surface area contributed by atoms with Gasteiger partial charge in [-0.15, -0.1) is 0 Å². The molecule has 0 bridgehead atoms. The number of hydrogen-bond acceptors (Lipinski definition) is 2. The number of rotatable bonds is 1. The number of piperazine rings is 1. The molecule has 4 heteroatoms. The highest BCUT2D eigenvalue weighted by molar-refractivity contribution is 5.89. The molecule has 1 saturated heterocycles. The van der Waals surface area contributed by atoms with Gasteiger partial charge in [0, 0.05) is 30.9 Å². The average Bonchev–Trinajstić information content (AvgIpc) is 2.35. The van der Waals surface area contributed by atoms with Crippen LogP contribution in [-0.2, 0) is 0 Å². The normalized spacial score (nSPS) is 23.8. The summed E-state index contributed by atoms with van der Waals surface area (Å²) < 4.78 is 0. The molecule has 1 aliphatic rings. The molecule has 18 heavy (non-hydrogen) atoms. The van der Waals surface area contributed by atoms with Crippen LogP contribution < -0.4 is 10.6 Å². The second-order valence-electron chi connectivity index (χ2n) is 5.11. The van der Waals surface area contributed by atoms with Crippen LogP contribution in [0, 0.1) is 6.92 Å². The van der Waals surface area contributed by atoms with Crippen molar-refractivity contribution in [2.24, 2.45) is 0 Å². The van der Waals surface area contributed by atoms with Crippen molar-refractivity contribution in [2.45, 2.75) is 32.9 Å². The maximum Gasteiger partial charge on any atom is 0.322 e. The Kier molecular flexibility index (Phi) is 3.87. The van der Waals surface area contributed by atoms with E-state index in [0.717, 1.165) is 18.8 Å². The summed E-state index contributed by atoms with van der Waals surface area (Å²) in [6.45, 7) is 7.79. The minimum absolute atomic E-state index is 0.0142. The molecular weight excluding hydrogens is 226 g/mol. The van der Waals surface area contributed by atoms with E-state index in [0.29, 0.717) is 6.04 Å². The van der Waals surface area contributed by atoms with Gasteiger partial charge in [0.25, 0.3) is 0 Å². The molecule has 2 atom stereocenters. The minimum atomic E-state index is -0.0142. The van der Waals surface area contributed by atoms with E-state index in [9.17, 15) is 4.79 Å². The van der Waals surface area contributed by atoms with Crippen LogP contribution in [0.15, 0.2) is 24.3 Å².